The molecule has 0 saturated carbocycles. The summed E-state index contributed by atoms with van der Waals surface area (Å²) in [6, 6.07) is 16.4. The molecule has 2 aromatic carbocycles. The lowest BCUT2D eigenvalue weighted by atomic mass is 9.70. The minimum atomic E-state index is -0.408. The number of Topliss-reactive ketones (excluding diaryl/α,β-unsaturated/α-hetero) is 2. The number of carbonyl (C=O) groups is 2. The summed E-state index contributed by atoms with van der Waals surface area (Å²) in [7, 11) is 0. The van der Waals surface area contributed by atoms with Crippen LogP contribution in [0, 0.1) is 23.7 Å². The Balaban J connectivity index is 1.35. The minimum Gasteiger partial charge on any atom is -0.364 e. The Morgan fingerprint density at radius 1 is 0.667 bits per heavy atom. The van der Waals surface area contributed by atoms with Gasteiger partial charge in [0.15, 0.2) is 11.6 Å². The smallest absolute Gasteiger partial charge is 0.169 e. The average Bonchev–Trinajstić information content (AvgIpc) is 3.48. The van der Waals surface area contributed by atoms with Crippen LogP contribution in [0.3, 0.4) is 0 Å². The monoisotopic (exact) mass is 394 g/mol. The topological polar surface area (TPSA) is 52.6 Å². The predicted octanol–water partition coefficient (Wildman–Crippen LogP) is 4.12. The Labute approximate surface area is 173 Å². The first-order chi connectivity index (χ1) is 14.7. The number of hydrogen-bond acceptors (Lipinski definition) is 4. The Bertz CT molecular complexity index is 1250. The van der Waals surface area contributed by atoms with Crippen molar-refractivity contribution < 1.29 is 19.1 Å². The van der Waals surface area contributed by atoms with Crippen molar-refractivity contribution in [2.75, 3.05) is 0 Å². The first kappa shape index (κ1) is 15.9. The number of benzene rings is 2. The molecule has 0 spiro atoms. The van der Waals surface area contributed by atoms with Gasteiger partial charge in [-0.3, -0.25) is 9.59 Å². The number of carbonyl (C=O) groups excluding carboxylic acids is 2. The molecule has 6 bridgehead atoms. The highest BCUT2D eigenvalue weighted by Crippen LogP contribution is 2.67. The van der Waals surface area contributed by atoms with Gasteiger partial charge < -0.3 is 9.47 Å². The van der Waals surface area contributed by atoms with Gasteiger partial charge in [0.2, 0.25) is 0 Å². The van der Waals surface area contributed by atoms with Crippen LogP contribution in [0.25, 0.3) is 0 Å². The van der Waals surface area contributed by atoms with Gasteiger partial charge in [-0.25, -0.2) is 0 Å². The van der Waals surface area contributed by atoms with Crippen LogP contribution in [0.4, 0.5) is 0 Å². The summed E-state index contributed by atoms with van der Waals surface area (Å²) in [5.41, 5.74) is 6.23. The van der Waals surface area contributed by atoms with Crippen LogP contribution in [0.1, 0.15) is 46.7 Å². The fraction of sp³-hybridized carbons (Fsp3) is 0.308. The normalized spacial score (nSPS) is 40.9. The molecule has 0 unspecified atom stereocenters. The van der Waals surface area contributed by atoms with Crippen LogP contribution >= 0.6 is 0 Å². The molecule has 30 heavy (non-hydrogen) atoms. The molecule has 0 radical (unpaired) electrons. The van der Waals surface area contributed by atoms with Crippen molar-refractivity contribution in [3.8, 4) is 0 Å². The van der Waals surface area contributed by atoms with Gasteiger partial charge in [-0.15, -0.1) is 0 Å². The molecular formula is C26H18O4. The van der Waals surface area contributed by atoms with Crippen LogP contribution in [0.2, 0.25) is 0 Å². The van der Waals surface area contributed by atoms with E-state index in [0.29, 0.717) is 0 Å². The number of rotatable bonds is 0. The summed E-state index contributed by atoms with van der Waals surface area (Å²) in [5.74, 6) is -0.709. The molecule has 2 saturated heterocycles. The highest BCUT2D eigenvalue weighted by molar-refractivity contribution is 6.07. The molecule has 6 aliphatic rings. The zero-order chi connectivity index (χ0) is 19.7. The van der Waals surface area contributed by atoms with E-state index in [1.165, 1.54) is 5.56 Å². The quantitative estimate of drug-likeness (QED) is 0.675. The third-order valence-electron chi connectivity index (χ3n) is 8.15. The Morgan fingerprint density at radius 3 is 1.93 bits per heavy atom. The second-order valence-corrected chi connectivity index (χ2v) is 9.26. The zero-order valence-electron chi connectivity index (χ0n) is 16.0. The van der Waals surface area contributed by atoms with E-state index in [1.54, 1.807) is 0 Å². The molecule has 4 aliphatic heterocycles. The van der Waals surface area contributed by atoms with Gasteiger partial charge in [-0.1, -0.05) is 60.7 Å². The van der Waals surface area contributed by atoms with Crippen LogP contribution in [0.15, 0.2) is 71.8 Å². The summed E-state index contributed by atoms with van der Waals surface area (Å²) < 4.78 is 12.8. The van der Waals surface area contributed by atoms with Crippen molar-refractivity contribution in [3.05, 3.63) is 94.1 Å². The van der Waals surface area contributed by atoms with Gasteiger partial charge in [0.05, 0.1) is 42.2 Å². The van der Waals surface area contributed by atoms with E-state index in [2.05, 4.69) is 24.3 Å². The molecule has 2 fully saturated rings. The lowest BCUT2D eigenvalue weighted by Gasteiger charge is -2.36. The number of ketones is 2. The summed E-state index contributed by atoms with van der Waals surface area (Å²) in [6.45, 7) is 0. The first-order valence-electron chi connectivity index (χ1n) is 10.7. The van der Waals surface area contributed by atoms with Crippen LogP contribution in [0.5, 0.6) is 0 Å². The second kappa shape index (κ2) is 5.08. The summed E-state index contributed by atoms with van der Waals surface area (Å²) >= 11 is 0. The number of ether oxygens (including phenoxy) is 2. The third kappa shape index (κ3) is 1.59. The highest BCUT2D eigenvalue weighted by atomic mass is 16.5. The summed E-state index contributed by atoms with van der Waals surface area (Å²) in [5, 5.41) is 0. The third-order valence-corrected chi connectivity index (χ3v) is 8.15. The van der Waals surface area contributed by atoms with Crippen LogP contribution in [-0.4, -0.2) is 11.6 Å². The van der Waals surface area contributed by atoms with Crippen molar-refractivity contribution in [2.45, 2.75) is 24.4 Å². The van der Waals surface area contributed by atoms with E-state index in [0.717, 1.165) is 27.8 Å². The molecule has 4 nitrogen and oxygen atoms in total. The van der Waals surface area contributed by atoms with Crippen LogP contribution in [-0.2, 0) is 19.1 Å². The highest BCUT2D eigenvalue weighted by Gasteiger charge is 2.64. The van der Waals surface area contributed by atoms with Crippen molar-refractivity contribution in [3.63, 3.8) is 0 Å². The molecule has 0 aromatic heterocycles. The van der Waals surface area contributed by atoms with Gasteiger partial charge in [0.1, 0.15) is 0 Å². The van der Waals surface area contributed by atoms with Crippen molar-refractivity contribution in [2.24, 2.45) is 23.7 Å². The van der Waals surface area contributed by atoms with Gasteiger partial charge in [-0.05, 0) is 27.8 Å². The van der Waals surface area contributed by atoms with Crippen molar-refractivity contribution in [1.82, 2.24) is 0 Å². The molecule has 0 N–H and O–H groups in total. The molecule has 8 atom stereocenters. The van der Waals surface area contributed by atoms with Crippen molar-refractivity contribution in [1.29, 1.82) is 0 Å². The van der Waals surface area contributed by atoms with Gasteiger partial charge in [0.25, 0.3) is 0 Å². The SMILES string of the molecule is O=C1C2=C([C@@H]3C(=O)[C@H](C=C2)[C@@H]2O[C@H]3c3ccccc32)[C@H]2[C@@H]1[C@H]1O[C@@H]2c2ccccc21. The molecular weight excluding hydrogens is 376 g/mol. The summed E-state index contributed by atoms with van der Waals surface area (Å²) in [6.07, 6.45) is 2.95. The minimum absolute atomic E-state index is 0.0716. The van der Waals surface area contributed by atoms with E-state index in [1.807, 2.05) is 36.4 Å². The maximum Gasteiger partial charge on any atom is 0.169 e. The van der Waals surface area contributed by atoms with E-state index in [-0.39, 0.29) is 53.7 Å². The number of fused-ring (bicyclic) bond motifs is 19. The van der Waals surface area contributed by atoms with E-state index < -0.39 is 5.92 Å². The standard InChI is InChI=1S/C26H18O4/c27-21-15-9-10-16-22(28)19(25-12-6-2-1-5-11(12)23(16)29-25)17(15)18-20(21)26-14-8-4-3-7-13(14)24(18)30-26/h1-10,16,18-20,23-26H/t16-,18-,19+,20-,23+,24+,25-,26-/m0/s1. The van der Waals surface area contributed by atoms with E-state index in [4.69, 9.17) is 9.47 Å². The Kier molecular flexibility index (Phi) is 2.70. The molecule has 2 aromatic rings. The van der Waals surface area contributed by atoms with Crippen LogP contribution < -0.4 is 0 Å². The van der Waals surface area contributed by atoms with E-state index >= 15 is 0 Å². The fourth-order valence-electron chi connectivity index (χ4n) is 7.07. The van der Waals surface area contributed by atoms with E-state index in [9.17, 15) is 9.59 Å². The lowest BCUT2D eigenvalue weighted by molar-refractivity contribution is -0.147. The second-order valence-electron chi connectivity index (χ2n) is 9.26. The average molecular weight is 394 g/mol. The first-order valence-corrected chi connectivity index (χ1v) is 10.7. The maximum atomic E-state index is 13.7. The maximum absolute atomic E-state index is 13.7. The Morgan fingerprint density at radius 2 is 1.23 bits per heavy atom. The molecule has 0 amide bonds. The lowest BCUT2D eigenvalue weighted by Crippen LogP contribution is -2.38. The molecule has 8 rings (SSSR count). The number of hydrogen-bond donors (Lipinski definition) is 0. The molecule has 4 heteroatoms. The fourth-order valence-corrected chi connectivity index (χ4v) is 7.07. The Hall–Kier alpha value is -2.82. The van der Waals surface area contributed by atoms with Gasteiger partial charge in [0, 0.05) is 11.5 Å². The molecule has 146 valence electrons. The number of allylic oxidation sites excluding steroid dienone is 2. The van der Waals surface area contributed by atoms with Gasteiger partial charge >= 0.3 is 0 Å². The zero-order valence-corrected chi connectivity index (χ0v) is 16.0. The predicted molar refractivity (Wildman–Crippen MR) is 106 cm³/mol. The largest absolute Gasteiger partial charge is 0.364 e. The van der Waals surface area contributed by atoms with Gasteiger partial charge in [-0.2, -0.15) is 0 Å². The molecule has 2 aliphatic carbocycles. The summed E-state index contributed by atoms with van der Waals surface area (Å²) in [4.78, 5) is 27.3. The molecule has 4 heterocycles. The van der Waals surface area contributed by atoms with Crippen molar-refractivity contribution >= 4 is 11.6 Å².